The minimum atomic E-state index is -0.679. The fourth-order valence-electron chi connectivity index (χ4n) is 2.39. The molecule has 0 aliphatic rings. The van der Waals surface area contributed by atoms with E-state index in [0.29, 0.717) is 0 Å². The van der Waals surface area contributed by atoms with Crippen LogP contribution in [-0.4, -0.2) is 17.2 Å². The Bertz CT molecular complexity index is 604. The summed E-state index contributed by atoms with van der Waals surface area (Å²) in [5, 5.41) is 11.6. The summed E-state index contributed by atoms with van der Waals surface area (Å²) in [6, 6.07) is 4.01. The molecule has 0 saturated carbocycles. The summed E-state index contributed by atoms with van der Waals surface area (Å²) < 4.78 is 5.42. The summed E-state index contributed by atoms with van der Waals surface area (Å²) in [4.78, 5) is 5.27. The number of thiazole rings is 1. The molecular weight excluding hydrogens is 258 g/mol. The number of ether oxygens (including phenoxy) is 1. The molecule has 0 amide bonds. The summed E-state index contributed by atoms with van der Waals surface area (Å²) >= 11 is 1.53. The zero-order chi connectivity index (χ0) is 14.2. The average Bonchev–Trinajstić information content (AvgIpc) is 2.66. The molecular formula is C15H19NO2S. The van der Waals surface area contributed by atoms with E-state index in [9.17, 15) is 5.11 Å². The number of aryl methyl sites for hydroxylation is 4. The van der Waals surface area contributed by atoms with Gasteiger partial charge in [-0.05, 0) is 44.9 Å². The molecule has 0 aliphatic heterocycles. The number of benzene rings is 1. The maximum atomic E-state index is 10.7. The van der Waals surface area contributed by atoms with Gasteiger partial charge in [-0.25, -0.2) is 4.98 Å². The predicted molar refractivity (Wildman–Crippen MR) is 78.1 cm³/mol. The van der Waals surface area contributed by atoms with Crippen LogP contribution in [0.25, 0.3) is 0 Å². The quantitative estimate of drug-likeness (QED) is 0.934. The zero-order valence-electron chi connectivity index (χ0n) is 11.9. The Morgan fingerprint density at radius 1 is 1.21 bits per heavy atom. The van der Waals surface area contributed by atoms with Crippen molar-refractivity contribution in [2.45, 2.75) is 33.8 Å². The fourth-order valence-corrected chi connectivity index (χ4v) is 3.31. The molecule has 0 fully saturated rings. The lowest BCUT2D eigenvalue weighted by Crippen LogP contribution is -2.05. The molecule has 4 heteroatoms. The number of nitrogens with zero attached hydrogens (tertiary/aromatic N) is 1. The molecule has 0 radical (unpaired) electrons. The van der Waals surface area contributed by atoms with Crippen molar-refractivity contribution in [2.75, 3.05) is 7.11 Å². The standard InChI is InChI=1S/C15H19NO2S/c1-8-6-9(2)13(12(7-8)18-5)14(17)15-10(3)16-11(4)19-15/h6-7,14,17H,1-5H3. The first-order valence-electron chi connectivity index (χ1n) is 6.21. The lowest BCUT2D eigenvalue weighted by atomic mass is 9.98. The maximum absolute atomic E-state index is 10.7. The van der Waals surface area contributed by atoms with Crippen molar-refractivity contribution in [2.24, 2.45) is 0 Å². The highest BCUT2D eigenvalue weighted by Gasteiger charge is 2.22. The van der Waals surface area contributed by atoms with Gasteiger partial charge in [0, 0.05) is 5.56 Å². The van der Waals surface area contributed by atoms with Crippen LogP contribution >= 0.6 is 11.3 Å². The van der Waals surface area contributed by atoms with Gasteiger partial charge in [-0.1, -0.05) is 6.07 Å². The molecule has 3 nitrogen and oxygen atoms in total. The van der Waals surface area contributed by atoms with E-state index < -0.39 is 6.10 Å². The van der Waals surface area contributed by atoms with Crippen molar-refractivity contribution in [3.05, 3.63) is 44.4 Å². The summed E-state index contributed by atoms with van der Waals surface area (Å²) in [7, 11) is 1.63. The second-order valence-corrected chi connectivity index (χ2v) is 6.02. The highest BCUT2D eigenvalue weighted by molar-refractivity contribution is 7.11. The Hall–Kier alpha value is -1.39. The van der Waals surface area contributed by atoms with Crippen molar-refractivity contribution < 1.29 is 9.84 Å². The molecule has 102 valence electrons. The van der Waals surface area contributed by atoms with Gasteiger partial charge in [-0.3, -0.25) is 0 Å². The summed E-state index contributed by atoms with van der Waals surface area (Å²) in [5.74, 6) is 0.732. The first kappa shape index (κ1) is 14.0. The smallest absolute Gasteiger partial charge is 0.125 e. The molecule has 0 saturated heterocycles. The van der Waals surface area contributed by atoms with Gasteiger partial charge in [0.1, 0.15) is 11.9 Å². The summed E-state index contributed by atoms with van der Waals surface area (Å²) in [6.45, 7) is 7.90. The molecule has 1 unspecified atom stereocenters. The van der Waals surface area contributed by atoms with Gasteiger partial charge >= 0.3 is 0 Å². The van der Waals surface area contributed by atoms with Gasteiger partial charge in [-0.2, -0.15) is 0 Å². The monoisotopic (exact) mass is 277 g/mol. The largest absolute Gasteiger partial charge is 0.496 e. The first-order chi connectivity index (χ1) is 8.93. The number of hydrogen-bond donors (Lipinski definition) is 1. The van der Waals surface area contributed by atoms with Crippen molar-refractivity contribution in [1.29, 1.82) is 0 Å². The van der Waals surface area contributed by atoms with E-state index in [1.54, 1.807) is 7.11 Å². The van der Waals surface area contributed by atoms with Crippen molar-refractivity contribution in [3.63, 3.8) is 0 Å². The Labute approximate surface area is 117 Å². The number of aliphatic hydroxyl groups is 1. The van der Waals surface area contributed by atoms with Crippen LogP contribution in [0.3, 0.4) is 0 Å². The molecule has 1 aromatic heterocycles. The molecule has 0 aliphatic carbocycles. The topological polar surface area (TPSA) is 42.4 Å². The van der Waals surface area contributed by atoms with E-state index in [2.05, 4.69) is 11.1 Å². The lowest BCUT2D eigenvalue weighted by Gasteiger charge is -2.17. The first-order valence-corrected chi connectivity index (χ1v) is 7.02. The maximum Gasteiger partial charge on any atom is 0.125 e. The molecule has 1 heterocycles. The van der Waals surface area contributed by atoms with E-state index in [1.807, 2.05) is 33.8 Å². The van der Waals surface area contributed by atoms with Crippen LogP contribution < -0.4 is 4.74 Å². The zero-order valence-corrected chi connectivity index (χ0v) is 12.8. The van der Waals surface area contributed by atoms with E-state index in [0.717, 1.165) is 38.0 Å². The number of methoxy groups -OCH3 is 1. The van der Waals surface area contributed by atoms with Crippen LogP contribution in [0.1, 0.15) is 38.4 Å². The lowest BCUT2D eigenvalue weighted by molar-refractivity contribution is 0.216. The van der Waals surface area contributed by atoms with Crippen LogP contribution in [-0.2, 0) is 0 Å². The van der Waals surface area contributed by atoms with Gasteiger partial charge in [0.15, 0.2) is 0 Å². The summed E-state index contributed by atoms with van der Waals surface area (Å²) in [6.07, 6.45) is -0.679. The van der Waals surface area contributed by atoms with E-state index >= 15 is 0 Å². The van der Waals surface area contributed by atoms with Crippen molar-refractivity contribution in [3.8, 4) is 5.75 Å². The third-order valence-electron chi connectivity index (χ3n) is 3.17. The molecule has 2 rings (SSSR count). The fraction of sp³-hybridized carbons (Fsp3) is 0.400. The average molecular weight is 277 g/mol. The van der Waals surface area contributed by atoms with Gasteiger partial charge in [-0.15, -0.1) is 11.3 Å². The van der Waals surface area contributed by atoms with E-state index in [4.69, 9.17) is 4.74 Å². The number of aliphatic hydroxyl groups excluding tert-OH is 1. The minimum Gasteiger partial charge on any atom is -0.496 e. The number of hydrogen-bond acceptors (Lipinski definition) is 4. The van der Waals surface area contributed by atoms with E-state index in [-0.39, 0.29) is 0 Å². The van der Waals surface area contributed by atoms with Crippen molar-refractivity contribution in [1.82, 2.24) is 4.98 Å². The Morgan fingerprint density at radius 2 is 1.89 bits per heavy atom. The molecule has 19 heavy (non-hydrogen) atoms. The SMILES string of the molecule is COc1cc(C)cc(C)c1C(O)c1sc(C)nc1C. The second-order valence-electron chi connectivity index (χ2n) is 4.78. The molecule has 1 atom stereocenters. The van der Waals surface area contributed by atoms with Gasteiger partial charge in [0.2, 0.25) is 0 Å². The Kier molecular flexibility index (Phi) is 3.92. The number of rotatable bonds is 3. The Morgan fingerprint density at radius 3 is 2.42 bits per heavy atom. The third-order valence-corrected chi connectivity index (χ3v) is 4.30. The van der Waals surface area contributed by atoms with Gasteiger partial charge in [0.25, 0.3) is 0 Å². The molecule has 2 aromatic rings. The normalized spacial score (nSPS) is 12.5. The van der Waals surface area contributed by atoms with Crippen molar-refractivity contribution >= 4 is 11.3 Å². The van der Waals surface area contributed by atoms with Crippen LogP contribution in [0.2, 0.25) is 0 Å². The van der Waals surface area contributed by atoms with Crippen LogP contribution in [0.15, 0.2) is 12.1 Å². The van der Waals surface area contributed by atoms with Crippen LogP contribution in [0, 0.1) is 27.7 Å². The Balaban J connectivity index is 2.55. The molecule has 0 spiro atoms. The molecule has 1 aromatic carbocycles. The second kappa shape index (κ2) is 5.31. The summed E-state index contributed by atoms with van der Waals surface area (Å²) in [5.41, 5.74) is 3.88. The van der Waals surface area contributed by atoms with Gasteiger partial charge < -0.3 is 9.84 Å². The molecule has 1 N–H and O–H groups in total. The number of aromatic nitrogens is 1. The van der Waals surface area contributed by atoms with Crippen LogP contribution in [0.4, 0.5) is 0 Å². The highest BCUT2D eigenvalue weighted by atomic mass is 32.1. The molecule has 0 bridgehead atoms. The minimum absolute atomic E-state index is 0.679. The third kappa shape index (κ3) is 2.65. The van der Waals surface area contributed by atoms with Gasteiger partial charge in [0.05, 0.1) is 22.7 Å². The highest BCUT2D eigenvalue weighted by Crippen LogP contribution is 2.37. The van der Waals surface area contributed by atoms with Crippen LogP contribution in [0.5, 0.6) is 5.75 Å². The predicted octanol–water partition coefficient (Wildman–Crippen LogP) is 3.47. The van der Waals surface area contributed by atoms with E-state index in [1.165, 1.54) is 11.3 Å².